The van der Waals surface area contributed by atoms with E-state index in [0.29, 0.717) is 0 Å². The van der Waals surface area contributed by atoms with E-state index in [1.165, 1.54) is 22.1 Å². The summed E-state index contributed by atoms with van der Waals surface area (Å²) < 4.78 is 10.6. The molecule has 0 aliphatic heterocycles. The van der Waals surface area contributed by atoms with Gasteiger partial charge in [-0.25, -0.2) is 9.67 Å². The van der Waals surface area contributed by atoms with E-state index < -0.39 is 0 Å². The Hall–Kier alpha value is -5.16. The average Bonchev–Trinajstić information content (AvgIpc) is 3.68. The monoisotopic (exact) mass is 576 g/mol. The van der Waals surface area contributed by atoms with Crippen molar-refractivity contribution >= 4 is 21.8 Å². The van der Waals surface area contributed by atoms with Gasteiger partial charge in [-0.05, 0) is 76.7 Å². The molecule has 0 aliphatic rings. The van der Waals surface area contributed by atoms with Crippen molar-refractivity contribution in [1.82, 2.24) is 19.3 Å². The van der Waals surface area contributed by atoms with Crippen molar-refractivity contribution in [3.8, 4) is 23.0 Å². The number of aromatic nitrogens is 4. The first-order valence-electron chi connectivity index (χ1n) is 15.1. The van der Waals surface area contributed by atoms with Crippen LogP contribution in [0, 0.1) is 0 Å². The maximum absolute atomic E-state index is 6.45. The van der Waals surface area contributed by atoms with Gasteiger partial charge < -0.3 is 4.74 Å². The van der Waals surface area contributed by atoms with Crippen molar-refractivity contribution in [3.05, 3.63) is 144 Å². The van der Waals surface area contributed by atoms with Gasteiger partial charge in [0.15, 0.2) is 0 Å². The van der Waals surface area contributed by atoms with Crippen molar-refractivity contribution in [1.29, 1.82) is 0 Å². The van der Waals surface area contributed by atoms with Crippen LogP contribution in [0.2, 0.25) is 0 Å². The van der Waals surface area contributed by atoms with Crippen LogP contribution in [-0.2, 0) is 10.8 Å². The lowest BCUT2D eigenvalue weighted by atomic mass is 9.78. The Bertz CT molecular complexity index is 2100. The molecule has 3 aromatic heterocycles. The Morgan fingerprint density at radius 3 is 2.18 bits per heavy atom. The molecule has 5 nitrogen and oxygen atoms in total. The molecule has 0 spiro atoms. The van der Waals surface area contributed by atoms with Crippen LogP contribution >= 0.6 is 0 Å². The molecule has 0 N–H and O–H groups in total. The predicted molar refractivity (Wildman–Crippen MR) is 179 cm³/mol. The summed E-state index contributed by atoms with van der Waals surface area (Å²) in [7, 11) is 0. The molecule has 0 aliphatic carbocycles. The van der Waals surface area contributed by atoms with Crippen LogP contribution in [0.5, 0.6) is 11.5 Å². The van der Waals surface area contributed by atoms with Crippen LogP contribution in [0.3, 0.4) is 0 Å². The zero-order valence-corrected chi connectivity index (χ0v) is 25.8. The summed E-state index contributed by atoms with van der Waals surface area (Å²) in [5.41, 5.74) is 6.74. The number of hydrogen-bond acceptors (Lipinski definition) is 3. The molecule has 44 heavy (non-hydrogen) atoms. The second-order valence-corrected chi connectivity index (χ2v) is 12.9. The summed E-state index contributed by atoms with van der Waals surface area (Å²) in [6, 6.07) is 38.1. The number of ether oxygens (including phenoxy) is 1. The summed E-state index contributed by atoms with van der Waals surface area (Å²) in [4.78, 5) is 4.88. The minimum absolute atomic E-state index is 0.00279. The van der Waals surface area contributed by atoms with Crippen molar-refractivity contribution in [3.63, 3.8) is 0 Å². The molecule has 4 aromatic carbocycles. The lowest BCUT2D eigenvalue weighted by Crippen LogP contribution is -2.18. The third kappa shape index (κ3) is 4.94. The lowest BCUT2D eigenvalue weighted by molar-refractivity contribution is 0.483. The highest BCUT2D eigenvalue weighted by Crippen LogP contribution is 2.39. The Morgan fingerprint density at radius 1 is 0.591 bits per heavy atom. The number of benzene rings is 4. The fourth-order valence-corrected chi connectivity index (χ4v) is 5.98. The Kier molecular flexibility index (Phi) is 6.62. The highest BCUT2D eigenvalue weighted by Gasteiger charge is 2.25. The molecule has 0 bridgehead atoms. The summed E-state index contributed by atoms with van der Waals surface area (Å²) in [6.07, 6.45) is 5.62. The molecular weight excluding hydrogens is 540 g/mol. The summed E-state index contributed by atoms with van der Waals surface area (Å²) in [5.74, 6) is 2.40. The van der Waals surface area contributed by atoms with E-state index in [4.69, 9.17) is 9.72 Å². The van der Waals surface area contributed by atoms with Gasteiger partial charge in [-0.3, -0.25) is 4.57 Å². The molecule has 0 atom stereocenters. The normalized spacial score (nSPS) is 12.2. The molecule has 218 valence electrons. The Labute approximate surface area is 258 Å². The van der Waals surface area contributed by atoms with Crippen molar-refractivity contribution < 1.29 is 4.74 Å². The van der Waals surface area contributed by atoms with Crippen LogP contribution in [0.1, 0.15) is 51.3 Å². The van der Waals surface area contributed by atoms with Gasteiger partial charge in [-0.15, -0.1) is 0 Å². The van der Waals surface area contributed by atoms with Crippen LogP contribution in [0.15, 0.2) is 128 Å². The van der Waals surface area contributed by atoms with Crippen LogP contribution in [-0.4, -0.2) is 19.3 Å². The van der Waals surface area contributed by atoms with Gasteiger partial charge in [0.1, 0.15) is 17.3 Å². The van der Waals surface area contributed by atoms with E-state index in [9.17, 15) is 0 Å². The lowest BCUT2D eigenvalue weighted by Gasteiger charge is -2.26. The molecule has 7 rings (SSSR count). The quantitative estimate of drug-likeness (QED) is 0.198. The van der Waals surface area contributed by atoms with Crippen molar-refractivity contribution in [2.24, 2.45) is 0 Å². The zero-order valence-electron chi connectivity index (χ0n) is 25.8. The molecule has 3 heterocycles. The molecule has 0 saturated heterocycles. The van der Waals surface area contributed by atoms with E-state index in [1.54, 1.807) is 6.20 Å². The fraction of sp³-hybridized carbons (Fsp3) is 0.179. The SMILES string of the molecule is CC(C)(C)c1ccnc(-n2c3ccc(C(C)(C)c4ccccc4)cc3c3ccc(Oc4cccc(-n5cccn5)c4)cc32)c1. The minimum atomic E-state index is -0.156. The topological polar surface area (TPSA) is 44.9 Å². The van der Waals surface area contributed by atoms with Crippen molar-refractivity contribution in [2.75, 3.05) is 0 Å². The smallest absolute Gasteiger partial charge is 0.137 e. The molecule has 0 unspecified atom stereocenters. The molecule has 5 heteroatoms. The summed E-state index contributed by atoms with van der Waals surface area (Å²) >= 11 is 0. The maximum atomic E-state index is 6.45. The van der Waals surface area contributed by atoms with Crippen LogP contribution in [0.25, 0.3) is 33.3 Å². The first kappa shape index (κ1) is 27.7. The van der Waals surface area contributed by atoms with Gasteiger partial charge in [-0.2, -0.15) is 5.10 Å². The van der Waals surface area contributed by atoms with E-state index >= 15 is 0 Å². The molecule has 0 radical (unpaired) electrons. The summed E-state index contributed by atoms with van der Waals surface area (Å²) in [6.45, 7) is 11.3. The molecule has 0 amide bonds. The zero-order chi connectivity index (χ0) is 30.5. The van der Waals surface area contributed by atoms with Gasteiger partial charge in [-0.1, -0.05) is 77.1 Å². The Balaban J connectivity index is 1.40. The number of hydrogen-bond donors (Lipinski definition) is 0. The fourth-order valence-electron chi connectivity index (χ4n) is 5.98. The number of nitrogens with zero attached hydrogens (tertiary/aromatic N) is 4. The standard InChI is InChI=1S/C39H36N4O/c1-38(2,3)28-19-21-40-37(24-28)43-35-18-15-29(39(4,5)27-11-7-6-8-12-27)23-34(35)33-17-16-32(26-36(33)43)44-31-14-9-13-30(25-31)42-22-10-20-41-42/h6-26H,1-5H3. The maximum Gasteiger partial charge on any atom is 0.137 e. The van der Waals surface area contributed by atoms with Gasteiger partial charge in [0, 0.05) is 46.9 Å². The largest absolute Gasteiger partial charge is 0.457 e. The highest BCUT2D eigenvalue weighted by molar-refractivity contribution is 6.09. The van der Waals surface area contributed by atoms with E-state index in [1.807, 2.05) is 47.4 Å². The van der Waals surface area contributed by atoms with Gasteiger partial charge in [0.25, 0.3) is 0 Å². The number of pyridine rings is 1. The first-order chi connectivity index (χ1) is 21.2. The van der Waals surface area contributed by atoms with E-state index in [0.717, 1.165) is 39.4 Å². The third-order valence-electron chi connectivity index (χ3n) is 8.62. The van der Waals surface area contributed by atoms with Gasteiger partial charge >= 0.3 is 0 Å². The minimum Gasteiger partial charge on any atom is -0.457 e. The van der Waals surface area contributed by atoms with E-state index in [2.05, 4.69) is 123 Å². The van der Waals surface area contributed by atoms with Crippen LogP contribution in [0.4, 0.5) is 0 Å². The molecular formula is C39H36N4O. The Morgan fingerprint density at radius 2 is 1.41 bits per heavy atom. The van der Waals surface area contributed by atoms with Gasteiger partial charge in [0.05, 0.1) is 16.7 Å². The number of rotatable bonds is 6. The predicted octanol–water partition coefficient (Wildman–Crippen LogP) is 9.78. The summed E-state index contributed by atoms with van der Waals surface area (Å²) in [5, 5.41) is 6.71. The van der Waals surface area contributed by atoms with Gasteiger partial charge in [0.2, 0.25) is 0 Å². The highest BCUT2D eigenvalue weighted by atomic mass is 16.5. The van der Waals surface area contributed by atoms with Crippen molar-refractivity contribution in [2.45, 2.75) is 45.4 Å². The molecule has 0 saturated carbocycles. The third-order valence-corrected chi connectivity index (χ3v) is 8.62. The first-order valence-corrected chi connectivity index (χ1v) is 15.1. The number of fused-ring (bicyclic) bond motifs is 3. The average molecular weight is 577 g/mol. The second-order valence-electron chi connectivity index (χ2n) is 12.9. The van der Waals surface area contributed by atoms with Crippen LogP contribution < -0.4 is 4.74 Å². The van der Waals surface area contributed by atoms with E-state index in [-0.39, 0.29) is 10.8 Å². The second kappa shape index (κ2) is 10.5. The molecule has 0 fully saturated rings. The molecule has 7 aromatic rings.